The van der Waals surface area contributed by atoms with Gasteiger partial charge in [0.2, 0.25) is 5.95 Å². The SMILES string of the molecule is c1ccc(-c2nc(-c3ccccc3)nc(-n3c4ccccc4c4ccc5c(c6ccccc6n5-c5cccc(-c6cccc7c6c6ccccc6n7-c6ccccc6)c5)c43)n2)cc1. The van der Waals surface area contributed by atoms with Crippen LogP contribution in [0.4, 0.5) is 0 Å². The fourth-order valence-electron chi connectivity index (χ4n) is 9.82. The van der Waals surface area contributed by atoms with Gasteiger partial charge in [0.1, 0.15) is 0 Å². The minimum atomic E-state index is 0.572. The van der Waals surface area contributed by atoms with Gasteiger partial charge in [-0.3, -0.25) is 4.57 Å². The number of para-hydroxylation sites is 4. The Morgan fingerprint density at radius 3 is 1.43 bits per heavy atom. The zero-order chi connectivity index (χ0) is 41.4. The molecular formula is C57H36N6. The first-order valence-corrected chi connectivity index (χ1v) is 21.3. The molecule has 0 aliphatic heterocycles. The molecule has 9 aromatic carbocycles. The Hall–Kier alpha value is -8.61. The van der Waals surface area contributed by atoms with Crippen LogP contribution in [0, 0.1) is 0 Å². The van der Waals surface area contributed by atoms with Crippen molar-refractivity contribution >= 4 is 65.4 Å². The van der Waals surface area contributed by atoms with E-state index in [1.807, 2.05) is 36.4 Å². The van der Waals surface area contributed by atoms with Gasteiger partial charge in [0.05, 0.1) is 33.1 Å². The highest BCUT2D eigenvalue weighted by Crippen LogP contribution is 2.43. The second-order valence-electron chi connectivity index (χ2n) is 16.0. The van der Waals surface area contributed by atoms with Crippen LogP contribution in [0.5, 0.6) is 0 Å². The Balaban J connectivity index is 1.08. The van der Waals surface area contributed by atoms with Crippen LogP contribution in [0.3, 0.4) is 0 Å². The molecule has 0 N–H and O–H groups in total. The van der Waals surface area contributed by atoms with E-state index < -0.39 is 0 Å². The number of fused-ring (bicyclic) bond motifs is 10. The van der Waals surface area contributed by atoms with Crippen molar-refractivity contribution in [2.75, 3.05) is 0 Å². The van der Waals surface area contributed by atoms with Gasteiger partial charge in [-0.1, -0.05) is 164 Å². The average Bonchev–Trinajstić information content (AvgIpc) is 4.01. The van der Waals surface area contributed by atoms with E-state index in [0.717, 1.165) is 71.7 Å². The summed E-state index contributed by atoms with van der Waals surface area (Å²) in [4.78, 5) is 15.6. The topological polar surface area (TPSA) is 53.5 Å². The summed E-state index contributed by atoms with van der Waals surface area (Å²) < 4.78 is 7.05. The lowest BCUT2D eigenvalue weighted by Crippen LogP contribution is -2.06. The molecule has 0 aliphatic rings. The van der Waals surface area contributed by atoms with Crippen molar-refractivity contribution in [2.45, 2.75) is 0 Å². The second kappa shape index (κ2) is 14.0. The molecule has 4 aromatic heterocycles. The molecule has 0 atom stereocenters. The van der Waals surface area contributed by atoms with Crippen molar-refractivity contribution in [1.82, 2.24) is 28.7 Å². The maximum absolute atomic E-state index is 5.27. The summed E-state index contributed by atoms with van der Waals surface area (Å²) in [7, 11) is 0. The Bertz CT molecular complexity index is 3840. The Kier molecular flexibility index (Phi) is 7.80. The molecule has 6 nitrogen and oxygen atoms in total. The van der Waals surface area contributed by atoms with Crippen LogP contribution >= 0.6 is 0 Å². The summed E-state index contributed by atoms with van der Waals surface area (Å²) in [6, 6.07) is 77.4. The van der Waals surface area contributed by atoms with Crippen LogP contribution in [-0.2, 0) is 0 Å². The predicted molar refractivity (Wildman–Crippen MR) is 259 cm³/mol. The normalized spacial score (nSPS) is 11.8. The molecule has 0 spiro atoms. The average molecular weight is 805 g/mol. The van der Waals surface area contributed by atoms with Gasteiger partial charge >= 0.3 is 0 Å². The molecule has 0 saturated heterocycles. The zero-order valence-electron chi connectivity index (χ0n) is 34.0. The number of benzene rings is 9. The molecule has 0 aliphatic carbocycles. The minimum absolute atomic E-state index is 0.572. The highest BCUT2D eigenvalue weighted by Gasteiger charge is 2.24. The van der Waals surface area contributed by atoms with E-state index in [9.17, 15) is 0 Å². The third-order valence-corrected chi connectivity index (χ3v) is 12.5. The van der Waals surface area contributed by atoms with E-state index in [2.05, 4.69) is 196 Å². The number of hydrogen-bond acceptors (Lipinski definition) is 3. The molecular weight excluding hydrogens is 769 g/mol. The summed E-state index contributed by atoms with van der Waals surface area (Å²) in [5.74, 6) is 1.82. The summed E-state index contributed by atoms with van der Waals surface area (Å²) >= 11 is 0. The lowest BCUT2D eigenvalue weighted by atomic mass is 9.99. The van der Waals surface area contributed by atoms with E-state index in [-0.39, 0.29) is 0 Å². The maximum Gasteiger partial charge on any atom is 0.238 e. The zero-order valence-corrected chi connectivity index (χ0v) is 34.0. The third-order valence-electron chi connectivity index (χ3n) is 12.5. The first kappa shape index (κ1) is 35.2. The van der Waals surface area contributed by atoms with Crippen molar-refractivity contribution in [3.63, 3.8) is 0 Å². The third kappa shape index (κ3) is 5.41. The fraction of sp³-hybridized carbons (Fsp3) is 0. The molecule has 0 saturated carbocycles. The van der Waals surface area contributed by atoms with Gasteiger partial charge in [-0.15, -0.1) is 0 Å². The standard InChI is InChI=1S/C57H36N6/c1-4-18-37(19-5-1)55-58-56(38-20-6-2-7-21-38)60-57(59-55)63-47-30-13-10-26-43(47)44-34-35-51-53(54(44)63)46-28-12-15-32-49(46)62(51)41-25-16-22-39(36-41)42-29-17-33-50-52(42)45-27-11-14-31-48(45)61(50)40-23-8-3-9-24-40/h1-36H. The van der Waals surface area contributed by atoms with Crippen LogP contribution in [0.15, 0.2) is 218 Å². The largest absolute Gasteiger partial charge is 0.309 e. The van der Waals surface area contributed by atoms with Crippen molar-refractivity contribution in [2.24, 2.45) is 0 Å². The smallest absolute Gasteiger partial charge is 0.238 e. The number of rotatable bonds is 6. The molecule has 294 valence electrons. The highest BCUT2D eigenvalue weighted by atomic mass is 15.2. The lowest BCUT2D eigenvalue weighted by Gasteiger charge is -2.12. The van der Waals surface area contributed by atoms with E-state index in [0.29, 0.717) is 17.6 Å². The Morgan fingerprint density at radius 1 is 0.286 bits per heavy atom. The van der Waals surface area contributed by atoms with Gasteiger partial charge in [-0.2, -0.15) is 9.97 Å². The molecule has 13 rings (SSSR count). The van der Waals surface area contributed by atoms with Gasteiger partial charge in [-0.05, 0) is 65.7 Å². The van der Waals surface area contributed by atoms with Crippen molar-refractivity contribution in [3.8, 4) is 51.2 Å². The Labute approximate surface area is 362 Å². The molecule has 13 aromatic rings. The number of hydrogen-bond donors (Lipinski definition) is 0. The van der Waals surface area contributed by atoms with Crippen LogP contribution in [0.2, 0.25) is 0 Å². The van der Waals surface area contributed by atoms with Crippen LogP contribution in [-0.4, -0.2) is 28.7 Å². The van der Waals surface area contributed by atoms with E-state index in [1.165, 1.54) is 27.4 Å². The maximum atomic E-state index is 5.27. The molecule has 63 heavy (non-hydrogen) atoms. The van der Waals surface area contributed by atoms with Crippen LogP contribution < -0.4 is 0 Å². The first-order chi connectivity index (χ1) is 31.3. The second-order valence-corrected chi connectivity index (χ2v) is 16.0. The van der Waals surface area contributed by atoms with E-state index >= 15 is 0 Å². The predicted octanol–water partition coefficient (Wildman–Crippen LogP) is 14.2. The van der Waals surface area contributed by atoms with Gasteiger partial charge in [0.25, 0.3) is 0 Å². The first-order valence-electron chi connectivity index (χ1n) is 21.3. The van der Waals surface area contributed by atoms with Gasteiger partial charge in [0.15, 0.2) is 11.6 Å². The van der Waals surface area contributed by atoms with Gasteiger partial charge in [-0.25, -0.2) is 4.98 Å². The Morgan fingerprint density at radius 2 is 0.762 bits per heavy atom. The minimum Gasteiger partial charge on any atom is -0.309 e. The highest BCUT2D eigenvalue weighted by molar-refractivity contribution is 6.26. The van der Waals surface area contributed by atoms with Crippen molar-refractivity contribution in [1.29, 1.82) is 0 Å². The number of nitrogens with zero attached hydrogens (tertiary/aromatic N) is 6. The molecule has 6 heteroatoms. The van der Waals surface area contributed by atoms with E-state index in [4.69, 9.17) is 15.0 Å². The van der Waals surface area contributed by atoms with Crippen molar-refractivity contribution < 1.29 is 0 Å². The lowest BCUT2D eigenvalue weighted by molar-refractivity contribution is 0.955. The molecule has 0 radical (unpaired) electrons. The summed E-state index contributed by atoms with van der Waals surface area (Å²) in [5, 5.41) is 7.04. The summed E-state index contributed by atoms with van der Waals surface area (Å²) in [5.41, 5.74) is 13.1. The van der Waals surface area contributed by atoms with Crippen LogP contribution in [0.1, 0.15) is 0 Å². The molecule has 0 bridgehead atoms. The summed E-state index contributed by atoms with van der Waals surface area (Å²) in [6.45, 7) is 0. The molecule has 0 amide bonds. The van der Waals surface area contributed by atoms with Gasteiger partial charge < -0.3 is 9.13 Å². The quantitative estimate of drug-likeness (QED) is 0.168. The number of aromatic nitrogens is 6. The van der Waals surface area contributed by atoms with Gasteiger partial charge in [0, 0.05) is 54.8 Å². The van der Waals surface area contributed by atoms with Crippen LogP contribution in [0.25, 0.3) is 117 Å². The van der Waals surface area contributed by atoms with Crippen molar-refractivity contribution in [3.05, 3.63) is 218 Å². The fourth-order valence-corrected chi connectivity index (χ4v) is 9.82. The summed E-state index contributed by atoms with van der Waals surface area (Å²) in [6.07, 6.45) is 0. The molecule has 0 fully saturated rings. The molecule has 4 heterocycles. The monoisotopic (exact) mass is 804 g/mol. The van der Waals surface area contributed by atoms with E-state index in [1.54, 1.807) is 0 Å². The molecule has 0 unspecified atom stereocenters.